The summed E-state index contributed by atoms with van der Waals surface area (Å²) < 4.78 is 7.34. The first kappa shape index (κ1) is 20.0. The molecule has 1 fully saturated rings. The van der Waals surface area contributed by atoms with Gasteiger partial charge < -0.3 is 9.30 Å². The van der Waals surface area contributed by atoms with E-state index in [1.807, 2.05) is 73.8 Å². The quantitative estimate of drug-likeness (QED) is 0.521. The summed E-state index contributed by atoms with van der Waals surface area (Å²) in [6.07, 6.45) is 3.98. The molecular formula is C24H23N3O2S. The van der Waals surface area contributed by atoms with E-state index < -0.39 is 0 Å². The topological polar surface area (TPSA) is 46.8 Å². The molecule has 1 aliphatic rings. The molecule has 6 heteroatoms. The number of nitrogens with zero attached hydrogens (tertiary/aromatic N) is 3. The second-order valence-corrected chi connectivity index (χ2v) is 7.88. The van der Waals surface area contributed by atoms with E-state index in [1.165, 1.54) is 11.8 Å². The van der Waals surface area contributed by atoms with Gasteiger partial charge in [0.15, 0.2) is 5.17 Å². The fourth-order valence-electron chi connectivity index (χ4n) is 3.33. The second kappa shape index (κ2) is 8.63. The van der Waals surface area contributed by atoms with Gasteiger partial charge in [-0.15, -0.1) is 0 Å². The van der Waals surface area contributed by atoms with E-state index in [0.717, 1.165) is 28.4 Å². The minimum Gasteiger partial charge on any atom is -0.497 e. The van der Waals surface area contributed by atoms with Crippen molar-refractivity contribution < 1.29 is 9.53 Å². The molecule has 1 saturated heterocycles. The van der Waals surface area contributed by atoms with Gasteiger partial charge in [-0.05, 0) is 79.7 Å². The number of amides is 1. The number of likely N-dealkylation sites (N-methyl/N-ethyl adjacent to an activating group) is 1. The maximum Gasteiger partial charge on any atom is 0.266 e. The van der Waals surface area contributed by atoms with E-state index in [1.54, 1.807) is 12.0 Å². The fraction of sp³-hybridized carbons (Fsp3) is 0.167. The first-order valence-corrected chi connectivity index (χ1v) is 10.6. The Kier molecular flexibility index (Phi) is 5.77. The SMILES string of the molecule is CCN1C(=O)/C(=C\c2cc(C)n(-c3ccc(OC)cc3)c2)SC1=Nc1ccccc1. The minimum atomic E-state index is -0.00738. The van der Waals surface area contributed by atoms with Crippen molar-refractivity contribution in [1.29, 1.82) is 0 Å². The molecule has 3 aromatic rings. The number of rotatable bonds is 5. The zero-order valence-electron chi connectivity index (χ0n) is 17.2. The molecule has 0 bridgehead atoms. The number of carbonyl (C=O) groups excluding carboxylic acids is 1. The van der Waals surface area contributed by atoms with Crippen molar-refractivity contribution in [3.63, 3.8) is 0 Å². The number of ether oxygens (including phenoxy) is 1. The molecule has 0 N–H and O–H groups in total. The maximum atomic E-state index is 12.9. The minimum absolute atomic E-state index is 0.00738. The predicted octanol–water partition coefficient (Wildman–Crippen LogP) is 5.42. The van der Waals surface area contributed by atoms with E-state index in [4.69, 9.17) is 4.74 Å². The Morgan fingerprint density at radius 1 is 1.10 bits per heavy atom. The molecule has 1 amide bonds. The van der Waals surface area contributed by atoms with E-state index >= 15 is 0 Å². The summed E-state index contributed by atoms with van der Waals surface area (Å²) in [5.74, 6) is 0.816. The number of methoxy groups -OCH3 is 1. The third kappa shape index (κ3) is 4.04. The van der Waals surface area contributed by atoms with Crippen molar-refractivity contribution in [2.24, 2.45) is 4.99 Å². The average Bonchev–Trinajstić information content (AvgIpc) is 3.28. The van der Waals surface area contributed by atoms with Gasteiger partial charge in [-0.1, -0.05) is 18.2 Å². The Balaban J connectivity index is 1.63. The molecule has 0 aliphatic carbocycles. The highest BCUT2D eigenvalue weighted by atomic mass is 32.2. The Bertz CT molecular complexity index is 1120. The number of aromatic nitrogens is 1. The number of para-hydroxylation sites is 1. The number of amidine groups is 1. The lowest BCUT2D eigenvalue weighted by Crippen LogP contribution is -2.28. The zero-order chi connectivity index (χ0) is 21.1. The molecule has 0 saturated carbocycles. The summed E-state index contributed by atoms with van der Waals surface area (Å²) in [7, 11) is 1.66. The normalized spacial score (nSPS) is 16.6. The van der Waals surface area contributed by atoms with Gasteiger partial charge in [0.25, 0.3) is 5.91 Å². The van der Waals surface area contributed by atoms with E-state index in [2.05, 4.69) is 22.5 Å². The van der Waals surface area contributed by atoms with Crippen LogP contribution in [-0.2, 0) is 4.79 Å². The summed E-state index contributed by atoms with van der Waals surface area (Å²) >= 11 is 1.42. The van der Waals surface area contributed by atoms with Crippen LogP contribution < -0.4 is 4.74 Å². The highest BCUT2D eigenvalue weighted by Crippen LogP contribution is 2.34. The summed E-state index contributed by atoms with van der Waals surface area (Å²) in [6.45, 7) is 4.60. The van der Waals surface area contributed by atoms with Gasteiger partial charge in [-0.3, -0.25) is 9.69 Å². The third-order valence-electron chi connectivity index (χ3n) is 4.87. The molecular weight excluding hydrogens is 394 g/mol. The summed E-state index contributed by atoms with van der Waals surface area (Å²) in [4.78, 5) is 20.0. The van der Waals surface area contributed by atoms with Gasteiger partial charge in [0.1, 0.15) is 5.75 Å². The van der Waals surface area contributed by atoms with E-state index in [-0.39, 0.29) is 5.91 Å². The standard InChI is InChI=1S/C24H23N3O2S/c1-4-26-23(28)22(30-24(26)25-19-8-6-5-7-9-19)15-18-14-17(2)27(16-18)20-10-12-21(29-3)13-11-20/h5-16H,4H2,1-3H3/b22-15+,25-24?. The lowest BCUT2D eigenvalue weighted by atomic mass is 10.3. The van der Waals surface area contributed by atoms with E-state index in [9.17, 15) is 4.79 Å². The van der Waals surface area contributed by atoms with Crippen LogP contribution in [0.1, 0.15) is 18.2 Å². The summed E-state index contributed by atoms with van der Waals surface area (Å²) in [6, 6.07) is 19.7. The lowest BCUT2D eigenvalue weighted by Gasteiger charge is -2.11. The molecule has 2 heterocycles. The van der Waals surface area contributed by atoms with E-state index in [0.29, 0.717) is 16.6 Å². The van der Waals surface area contributed by atoms with Crippen molar-refractivity contribution in [3.8, 4) is 11.4 Å². The van der Waals surface area contributed by atoms with Gasteiger partial charge in [-0.25, -0.2) is 4.99 Å². The van der Waals surface area contributed by atoms with Crippen LogP contribution in [0.5, 0.6) is 5.75 Å². The molecule has 0 spiro atoms. The van der Waals surface area contributed by atoms with Crippen LogP contribution in [0.15, 0.2) is 76.8 Å². The number of hydrogen-bond donors (Lipinski definition) is 0. The van der Waals surface area contributed by atoms with Crippen LogP contribution in [0.3, 0.4) is 0 Å². The maximum absolute atomic E-state index is 12.9. The monoisotopic (exact) mass is 417 g/mol. The number of aryl methyl sites for hydroxylation is 1. The van der Waals surface area contributed by atoms with Crippen LogP contribution in [0, 0.1) is 6.92 Å². The first-order valence-electron chi connectivity index (χ1n) is 9.77. The smallest absolute Gasteiger partial charge is 0.266 e. The lowest BCUT2D eigenvalue weighted by molar-refractivity contribution is -0.122. The number of carbonyl (C=O) groups is 1. The average molecular weight is 418 g/mol. The molecule has 30 heavy (non-hydrogen) atoms. The number of hydrogen-bond acceptors (Lipinski definition) is 4. The highest BCUT2D eigenvalue weighted by Gasteiger charge is 2.32. The van der Waals surface area contributed by atoms with Crippen LogP contribution in [0.2, 0.25) is 0 Å². The van der Waals surface area contributed by atoms with Crippen LogP contribution >= 0.6 is 11.8 Å². The fourth-order valence-corrected chi connectivity index (χ4v) is 4.40. The predicted molar refractivity (Wildman–Crippen MR) is 124 cm³/mol. The Morgan fingerprint density at radius 2 is 1.83 bits per heavy atom. The summed E-state index contributed by atoms with van der Waals surface area (Å²) in [5, 5.41) is 0.714. The molecule has 0 unspecified atom stereocenters. The Morgan fingerprint density at radius 3 is 2.50 bits per heavy atom. The number of aliphatic imine (C=N–C) groups is 1. The van der Waals surface area contributed by atoms with Gasteiger partial charge in [0.05, 0.1) is 17.7 Å². The molecule has 1 aliphatic heterocycles. The summed E-state index contributed by atoms with van der Waals surface area (Å²) in [5.41, 5.74) is 3.96. The largest absolute Gasteiger partial charge is 0.497 e. The Hall–Kier alpha value is -3.25. The van der Waals surface area contributed by atoms with Crippen molar-refractivity contribution in [2.75, 3.05) is 13.7 Å². The third-order valence-corrected chi connectivity index (χ3v) is 5.87. The first-order chi connectivity index (χ1) is 14.6. The molecule has 1 aromatic heterocycles. The van der Waals surface area contributed by atoms with Crippen molar-refractivity contribution in [2.45, 2.75) is 13.8 Å². The van der Waals surface area contributed by atoms with Crippen molar-refractivity contribution in [1.82, 2.24) is 9.47 Å². The van der Waals surface area contributed by atoms with Gasteiger partial charge >= 0.3 is 0 Å². The number of thioether (sulfide) groups is 1. The van der Waals surface area contributed by atoms with Gasteiger partial charge in [-0.2, -0.15) is 0 Å². The zero-order valence-corrected chi connectivity index (χ0v) is 18.0. The molecule has 5 nitrogen and oxygen atoms in total. The molecule has 0 radical (unpaired) electrons. The molecule has 4 rings (SSSR count). The van der Waals surface area contributed by atoms with Crippen molar-refractivity contribution in [3.05, 3.63) is 83.0 Å². The van der Waals surface area contributed by atoms with Gasteiger partial charge in [0, 0.05) is 24.1 Å². The molecule has 152 valence electrons. The number of benzene rings is 2. The van der Waals surface area contributed by atoms with Crippen molar-refractivity contribution >= 4 is 34.6 Å². The Labute approximate surface area is 180 Å². The molecule has 0 atom stereocenters. The highest BCUT2D eigenvalue weighted by molar-refractivity contribution is 8.18. The second-order valence-electron chi connectivity index (χ2n) is 6.87. The van der Waals surface area contributed by atoms with Gasteiger partial charge in [0.2, 0.25) is 0 Å². The van der Waals surface area contributed by atoms with Crippen LogP contribution in [0.4, 0.5) is 5.69 Å². The van der Waals surface area contributed by atoms with Crippen LogP contribution in [0.25, 0.3) is 11.8 Å². The van der Waals surface area contributed by atoms with Crippen LogP contribution in [-0.4, -0.2) is 34.2 Å². The molecule has 2 aromatic carbocycles.